The highest BCUT2D eigenvalue weighted by Crippen LogP contribution is 2.18. The number of hydrogen-bond acceptors (Lipinski definition) is 3. The van der Waals surface area contributed by atoms with Gasteiger partial charge in [-0.1, -0.05) is 26.0 Å². The molecule has 0 aliphatic carbocycles. The lowest BCUT2D eigenvalue weighted by Crippen LogP contribution is -2.29. The first-order chi connectivity index (χ1) is 8.99. The standard InChI is InChI=1S/C14H20N2O3/c1-10(2)11-4-3-5-12(8-11)16-13(17)9-15-7-6-14(18)19/h3-5,8,10,15H,6-7,9H2,1-2H3,(H,16,17)(H,18,19). The molecule has 1 aromatic carbocycles. The first kappa shape index (κ1) is 15.2. The Morgan fingerprint density at radius 1 is 1.32 bits per heavy atom. The van der Waals surface area contributed by atoms with Crippen molar-refractivity contribution in [3.05, 3.63) is 29.8 Å². The average molecular weight is 264 g/mol. The van der Waals surface area contributed by atoms with Gasteiger partial charge in [-0.2, -0.15) is 0 Å². The smallest absolute Gasteiger partial charge is 0.304 e. The summed E-state index contributed by atoms with van der Waals surface area (Å²) in [5.41, 5.74) is 1.92. The molecule has 0 unspecified atom stereocenters. The molecule has 0 saturated carbocycles. The molecule has 5 heteroatoms. The van der Waals surface area contributed by atoms with E-state index in [2.05, 4.69) is 24.5 Å². The third kappa shape index (κ3) is 6.01. The number of anilines is 1. The van der Waals surface area contributed by atoms with Crippen molar-refractivity contribution in [2.24, 2.45) is 0 Å². The summed E-state index contributed by atoms with van der Waals surface area (Å²) < 4.78 is 0. The molecule has 19 heavy (non-hydrogen) atoms. The number of carbonyl (C=O) groups excluding carboxylic acids is 1. The minimum absolute atomic E-state index is 0.0100. The van der Waals surface area contributed by atoms with Crippen molar-refractivity contribution >= 4 is 17.6 Å². The Morgan fingerprint density at radius 2 is 2.05 bits per heavy atom. The Hall–Kier alpha value is -1.88. The minimum Gasteiger partial charge on any atom is -0.481 e. The van der Waals surface area contributed by atoms with E-state index in [0.717, 1.165) is 11.3 Å². The SMILES string of the molecule is CC(C)c1cccc(NC(=O)CNCCC(=O)O)c1. The number of aliphatic carboxylic acids is 1. The van der Waals surface area contributed by atoms with Gasteiger partial charge in [-0.3, -0.25) is 9.59 Å². The molecular formula is C14H20N2O3. The molecule has 0 aliphatic heterocycles. The highest BCUT2D eigenvalue weighted by atomic mass is 16.4. The van der Waals surface area contributed by atoms with Gasteiger partial charge in [-0.25, -0.2) is 0 Å². The maximum absolute atomic E-state index is 11.6. The Bertz CT molecular complexity index is 444. The monoisotopic (exact) mass is 264 g/mol. The predicted molar refractivity (Wildman–Crippen MR) is 74.3 cm³/mol. The van der Waals surface area contributed by atoms with E-state index < -0.39 is 5.97 Å². The van der Waals surface area contributed by atoms with Gasteiger partial charge in [0.15, 0.2) is 0 Å². The topological polar surface area (TPSA) is 78.4 Å². The molecule has 0 heterocycles. The number of carbonyl (C=O) groups is 2. The lowest BCUT2D eigenvalue weighted by molar-refractivity contribution is -0.137. The van der Waals surface area contributed by atoms with Crippen LogP contribution < -0.4 is 10.6 Å². The van der Waals surface area contributed by atoms with Crippen molar-refractivity contribution in [3.8, 4) is 0 Å². The van der Waals surface area contributed by atoms with Crippen LogP contribution in [0.3, 0.4) is 0 Å². The fourth-order valence-corrected chi connectivity index (χ4v) is 1.58. The van der Waals surface area contributed by atoms with Crippen LogP contribution in [0.4, 0.5) is 5.69 Å². The lowest BCUT2D eigenvalue weighted by atomic mass is 10.0. The first-order valence-electron chi connectivity index (χ1n) is 6.31. The number of carboxylic acids is 1. The number of nitrogens with one attached hydrogen (secondary N) is 2. The summed E-state index contributed by atoms with van der Waals surface area (Å²) in [6.07, 6.45) is 0.0100. The van der Waals surface area contributed by atoms with Gasteiger partial charge in [-0.15, -0.1) is 0 Å². The van der Waals surface area contributed by atoms with Crippen molar-refractivity contribution in [2.75, 3.05) is 18.4 Å². The van der Waals surface area contributed by atoms with Gasteiger partial charge >= 0.3 is 5.97 Å². The number of benzene rings is 1. The molecule has 1 aromatic rings. The molecule has 0 radical (unpaired) electrons. The predicted octanol–water partition coefficient (Wildman–Crippen LogP) is 1.81. The van der Waals surface area contributed by atoms with Crippen LogP contribution in [0.1, 0.15) is 31.7 Å². The zero-order valence-corrected chi connectivity index (χ0v) is 11.3. The largest absolute Gasteiger partial charge is 0.481 e. The summed E-state index contributed by atoms with van der Waals surface area (Å²) in [7, 11) is 0. The maximum Gasteiger partial charge on any atom is 0.304 e. The molecule has 5 nitrogen and oxygen atoms in total. The van der Waals surface area contributed by atoms with Crippen molar-refractivity contribution in [1.29, 1.82) is 0 Å². The Balaban J connectivity index is 2.39. The molecule has 3 N–H and O–H groups in total. The Labute approximate surface area is 113 Å². The second-order valence-corrected chi connectivity index (χ2v) is 4.65. The summed E-state index contributed by atoms with van der Waals surface area (Å²) in [5.74, 6) is -0.644. The molecule has 104 valence electrons. The van der Waals surface area contributed by atoms with Crippen LogP contribution >= 0.6 is 0 Å². The summed E-state index contributed by atoms with van der Waals surface area (Å²) in [6, 6.07) is 7.70. The highest BCUT2D eigenvalue weighted by molar-refractivity contribution is 5.92. The minimum atomic E-state index is -0.877. The van der Waals surface area contributed by atoms with Gasteiger partial charge in [-0.05, 0) is 23.6 Å². The second kappa shape index (κ2) is 7.53. The van der Waals surface area contributed by atoms with Crippen LogP contribution in [-0.2, 0) is 9.59 Å². The third-order valence-corrected chi connectivity index (χ3v) is 2.64. The molecule has 0 spiro atoms. The van der Waals surface area contributed by atoms with E-state index in [1.165, 1.54) is 0 Å². The maximum atomic E-state index is 11.6. The third-order valence-electron chi connectivity index (χ3n) is 2.64. The van der Waals surface area contributed by atoms with Gasteiger partial charge in [0.1, 0.15) is 0 Å². The number of amides is 1. The highest BCUT2D eigenvalue weighted by Gasteiger charge is 2.04. The molecule has 0 saturated heterocycles. The average Bonchev–Trinajstić information content (AvgIpc) is 2.34. The number of carboxylic acid groups (broad SMARTS) is 1. The number of rotatable bonds is 7. The number of hydrogen-bond donors (Lipinski definition) is 3. The molecule has 0 atom stereocenters. The van der Waals surface area contributed by atoms with Crippen LogP contribution in [0.15, 0.2) is 24.3 Å². The van der Waals surface area contributed by atoms with Crippen molar-refractivity contribution < 1.29 is 14.7 Å². The fraction of sp³-hybridized carbons (Fsp3) is 0.429. The van der Waals surface area contributed by atoms with Gasteiger partial charge in [0, 0.05) is 12.2 Å². The summed E-state index contributed by atoms with van der Waals surface area (Å²) in [5, 5.41) is 14.0. The van der Waals surface area contributed by atoms with Crippen LogP contribution in [0.5, 0.6) is 0 Å². The zero-order chi connectivity index (χ0) is 14.3. The van der Waals surface area contributed by atoms with Gasteiger partial charge in [0.25, 0.3) is 0 Å². The molecule has 1 rings (SSSR count). The summed E-state index contributed by atoms with van der Waals surface area (Å²) >= 11 is 0. The van der Waals surface area contributed by atoms with Gasteiger partial charge < -0.3 is 15.7 Å². The Kier molecular flexibility index (Phi) is 6.02. The van der Waals surface area contributed by atoms with Gasteiger partial charge in [0.05, 0.1) is 13.0 Å². The van der Waals surface area contributed by atoms with E-state index in [1.807, 2.05) is 24.3 Å². The first-order valence-corrected chi connectivity index (χ1v) is 6.31. The van der Waals surface area contributed by atoms with Crippen molar-refractivity contribution in [3.63, 3.8) is 0 Å². The lowest BCUT2D eigenvalue weighted by Gasteiger charge is -2.09. The van der Waals surface area contributed by atoms with E-state index in [-0.39, 0.29) is 25.4 Å². The summed E-state index contributed by atoms with van der Waals surface area (Å²) in [4.78, 5) is 21.9. The van der Waals surface area contributed by atoms with E-state index in [1.54, 1.807) is 0 Å². The molecule has 0 fully saturated rings. The van der Waals surface area contributed by atoms with E-state index in [0.29, 0.717) is 5.92 Å². The zero-order valence-electron chi connectivity index (χ0n) is 11.3. The van der Waals surface area contributed by atoms with E-state index in [4.69, 9.17) is 5.11 Å². The van der Waals surface area contributed by atoms with Crippen LogP contribution in [-0.4, -0.2) is 30.1 Å². The summed E-state index contributed by atoms with van der Waals surface area (Å²) in [6.45, 7) is 4.58. The van der Waals surface area contributed by atoms with Crippen LogP contribution in [0.25, 0.3) is 0 Å². The normalized spacial score (nSPS) is 10.5. The molecule has 0 aliphatic rings. The molecule has 0 aromatic heterocycles. The molecule has 0 bridgehead atoms. The van der Waals surface area contributed by atoms with E-state index >= 15 is 0 Å². The fourth-order valence-electron chi connectivity index (χ4n) is 1.58. The Morgan fingerprint density at radius 3 is 2.68 bits per heavy atom. The quantitative estimate of drug-likeness (QED) is 0.656. The van der Waals surface area contributed by atoms with Crippen molar-refractivity contribution in [1.82, 2.24) is 5.32 Å². The van der Waals surface area contributed by atoms with Gasteiger partial charge in [0.2, 0.25) is 5.91 Å². The second-order valence-electron chi connectivity index (χ2n) is 4.65. The van der Waals surface area contributed by atoms with E-state index in [9.17, 15) is 9.59 Å². The molecular weight excluding hydrogens is 244 g/mol. The van der Waals surface area contributed by atoms with Crippen LogP contribution in [0.2, 0.25) is 0 Å². The van der Waals surface area contributed by atoms with Crippen molar-refractivity contribution in [2.45, 2.75) is 26.2 Å². The molecule has 1 amide bonds. The van der Waals surface area contributed by atoms with Crippen LogP contribution in [0, 0.1) is 0 Å².